The van der Waals surface area contributed by atoms with Crippen molar-refractivity contribution >= 4 is 23.7 Å². The van der Waals surface area contributed by atoms with Gasteiger partial charge >= 0.3 is 0 Å². The van der Waals surface area contributed by atoms with E-state index in [0.29, 0.717) is 23.5 Å². The average Bonchev–Trinajstić information content (AvgIpc) is 3.07. The molecule has 2 rings (SSSR count). The van der Waals surface area contributed by atoms with E-state index in [4.69, 9.17) is 11.6 Å². The van der Waals surface area contributed by atoms with Crippen molar-refractivity contribution in [1.29, 1.82) is 0 Å². The smallest absolute Gasteiger partial charge is 0.156 e. The first-order valence-electron chi connectivity index (χ1n) is 5.94. The maximum Gasteiger partial charge on any atom is 0.156 e. The number of carbonyl (C=O) groups excluding carboxylic acids is 1. The molecule has 1 aliphatic carbocycles. The summed E-state index contributed by atoms with van der Waals surface area (Å²) in [7, 11) is 0. The molecule has 0 aromatic carbocycles. The second-order valence-corrected chi connectivity index (χ2v) is 4.81. The largest absolute Gasteiger partial charge is 0.369 e. The number of hydrogen-bond acceptors (Lipinski definition) is 4. The van der Waals surface area contributed by atoms with Crippen LogP contribution < -0.4 is 5.32 Å². The summed E-state index contributed by atoms with van der Waals surface area (Å²) in [5.41, 5.74) is 0.351. The van der Waals surface area contributed by atoms with E-state index in [-0.39, 0.29) is 5.15 Å². The summed E-state index contributed by atoms with van der Waals surface area (Å²) in [6.45, 7) is 2.58. The molecule has 0 radical (unpaired) electrons. The Balaban J connectivity index is 1.95. The number of nitrogens with zero attached hydrogens (tertiary/aromatic N) is 2. The molecule has 5 heteroatoms. The topological polar surface area (TPSA) is 54.9 Å². The molecular weight excluding hydrogens is 238 g/mol. The molecule has 0 atom stereocenters. The number of halogens is 1. The van der Waals surface area contributed by atoms with Crippen LogP contribution in [-0.4, -0.2) is 22.8 Å². The molecule has 0 aliphatic heterocycles. The van der Waals surface area contributed by atoms with Crippen LogP contribution in [0.5, 0.6) is 0 Å². The minimum Gasteiger partial charge on any atom is -0.369 e. The molecule has 1 saturated carbocycles. The third-order valence-electron chi connectivity index (χ3n) is 2.91. The molecule has 0 spiro atoms. The quantitative estimate of drug-likeness (QED) is 0.481. The minimum absolute atomic E-state index is 0.220. The Kier molecular flexibility index (Phi) is 3.94. The van der Waals surface area contributed by atoms with Crippen LogP contribution in [-0.2, 0) is 0 Å². The summed E-state index contributed by atoms with van der Waals surface area (Å²) in [6.07, 6.45) is 5.80. The Hall–Kier alpha value is -1.16. The van der Waals surface area contributed by atoms with Crippen molar-refractivity contribution in [2.45, 2.75) is 32.6 Å². The fourth-order valence-electron chi connectivity index (χ4n) is 1.79. The molecule has 0 bridgehead atoms. The van der Waals surface area contributed by atoms with Crippen molar-refractivity contribution in [1.82, 2.24) is 9.97 Å². The maximum atomic E-state index is 10.9. The van der Waals surface area contributed by atoms with Crippen LogP contribution in [0.1, 0.15) is 41.9 Å². The molecule has 92 valence electrons. The number of hydrogen-bond donors (Lipinski definition) is 1. The van der Waals surface area contributed by atoms with E-state index < -0.39 is 0 Å². The normalized spacial score (nSPS) is 14.7. The highest BCUT2D eigenvalue weighted by molar-refractivity contribution is 6.32. The van der Waals surface area contributed by atoms with Crippen LogP contribution in [0.4, 0.5) is 5.82 Å². The lowest BCUT2D eigenvalue weighted by Crippen LogP contribution is -2.08. The minimum atomic E-state index is 0.220. The molecule has 1 heterocycles. The average molecular weight is 254 g/mol. The van der Waals surface area contributed by atoms with E-state index in [1.54, 1.807) is 6.92 Å². The van der Waals surface area contributed by atoms with Crippen molar-refractivity contribution in [3.8, 4) is 0 Å². The number of aldehydes is 1. The molecule has 0 unspecified atom stereocenters. The standard InChI is InChI=1S/C12H16ClN3O/c1-8-15-11(13)10(7-17)12(16-8)14-6-2-3-9-4-5-9/h7,9H,2-6H2,1H3,(H,14,15,16). The van der Waals surface area contributed by atoms with Crippen molar-refractivity contribution in [3.05, 3.63) is 16.5 Å². The highest BCUT2D eigenvalue weighted by atomic mass is 35.5. The van der Waals surface area contributed by atoms with E-state index in [9.17, 15) is 4.79 Å². The Morgan fingerprint density at radius 2 is 2.24 bits per heavy atom. The molecule has 0 saturated heterocycles. The number of nitrogens with one attached hydrogen (secondary N) is 1. The highest BCUT2D eigenvalue weighted by Gasteiger charge is 2.20. The van der Waals surface area contributed by atoms with Gasteiger partial charge in [0.05, 0.1) is 5.56 Å². The summed E-state index contributed by atoms with van der Waals surface area (Å²) in [5, 5.41) is 3.38. The van der Waals surface area contributed by atoms with Gasteiger partial charge in [0.25, 0.3) is 0 Å². The molecule has 1 N–H and O–H groups in total. The van der Waals surface area contributed by atoms with Crippen LogP contribution in [0.3, 0.4) is 0 Å². The first-order valence-corrected chi connectivity index (χ1v) is 6.31. The molecule has 4 nitrogen and oxygen atoms in total. The predicted molar refractivity (Wildman–Crippen MR) is 67.6 cm³/mol. The van der Waals surface area contributed by atoms with Crippen molar-refractivity contribution in [2.75, 3.05) is 11.9 Å². The molecule has 1 aliphatic rings. The van der Waals surface area contributed by atoms with Gasteiger partial charge in [-0.3, -0.25) is 4.79 Å². The Morgan fingerprint density at radius 1 is 1.47 bits per heavy atom. The summed E-state index contributed by atoms with van der Waals surface area (Å²) in [6, 6.07) is 0. The van der Waals surface area contributed by atoms with Gasteiger partial charge in [-0.25, -0.2) is 9.97 Å². The van der Waals surface area contributed by atoms with Gasteiger partial charge < -0.3 is 5.32 Å². The second kappa shape index (κ2) is 5.45. The Labute approximate surface area is 106 Å². The van der Waals surface area contributed by atoms with Crippen molar-refractivity contribution in [2.24, 2.45) is 5.92 Å². The number of rotatable bonds is 6. The summed E-state index contributed by atoms with van der Waals surface area (Å²) >= 11 is 5.89. The van der Waals surface area contributed by atoms with Crippen molar-refractivity contribution < 1.29 is 4.79 Å². The molecule has 1 aromatic rings. The number of aryl methyl sites for hydroxylation is 1. The van der Waals surface area contributed by atoms with Crippen LogP contribution in [0, 0.1) is 12.8 Å². The number of anilines is 1. The lowest BCUT2D eigenvalue weighted by atomic mass is 10.2. The van der Waals surface area contributed by atoms with Crippen LogP contribution >= 0.6 is 11.6 Å². The third kappa shape index (κ3) is 3.40. The van der Waals surface area contributed by atoms with Gasteiger partial charge in [-0.2, -0.15) is 0 Å². The highest BCUT2D eigenvalue weighted by Crippen LogP contribution is 2.33. The summed E-state index contributed by atoms with van der Waals surface area (Å²) in [4.78, 5) is 19.1. The first kappa shape index (κ1) is 12.3. The lowest BCUT2D eigenvalue weighted by molar-refractivity contribution is 0.112. The summed E-state index contributed by atoms with van der Waals surface area (Å²) < 4.78 is 0. The fraction of sp³-hybridized carbons (Fsp3) is 0.583. The van der Waals surface area contributed by atoms with Crippen LogP contribution in [0.2, 0.25) is 5.15 Å². The van der Waals surface area contributed by atoms with E-state index in [0.717, 1.165) is 18.9 Å². The van der Waals surface area contributed by atoms with Crippen molar-refractivity contribution in [3.63, 3.8) is 0 Å². The fourth-order valence-corrected chi connectivity index (χ4v) is 2.05. The first-order chi connectivity index (χ1) is 8.20. The van der Waals surface area contributed by atoms with Gasteiger partial charge in [0, 0.05) is 6.54 Å². The lowest BCUT2D eigenvalue weighted by Gasteiger charge is -2.09. The number of aromatic nitrogens is 2. The Bertz CT molecular complexity index is 418. The Morgan fingerprint density at radius 3 is 2.88 bits per heavy atom. The zero-order chi connectivity index (χ0) is 12.3. The zero-order valence-corrected chi connectivity index (χ0v) is 10.6. The maximum absolute atomic E-state index is 10.9. The second-order valence-electron chi connectivity index (χ2n) is 4.45. The predicted octanol–water partition coefficient (Wildman–Crippen LogP) is 2.85. The monoisotopic (exact) mass is 253 g/mol. The van der Waals surface area contributed by atoms with E-state index in [1.165, 1.54) is 19.3 Å². The SMILES string of the molecule is Cc1nc(Cl)c(C=O)c(NCCCC2CC2)n1. The van der Waals surface area contributed by atoms with E-state index in [1.807, 2.05) is 0 Å². The van der Waals surface area contributed by atoms with Gasteiger partial charge in [-0.1, -0.05) is 24.4 Å². The van der Waals surface area contributed by atoms with Gasteiger partial charge in [0.15, 0.2) is 6.29 Å². The third-order valence-corrected chi connectivity index (χ3v) is 3.20. The van der Waals surface area contributed by atoms with E-state index in [2.05, 4.69) is 15.3 Å². The zero-order valence-electron chi connectivity index (χ0n) is 9.87. The van der Waals surface area contributed by atoms with Crippen LogP contribution in [0.25, 0.3) is 0 Å². The molecule has 17 heavy (non-hydrogen) atoms. The molecular formula is C12H16ClN3O. The van der Waals surface area contributed by atoms with E-state index >= 15 is 0 Å². The van der Waals surface area contributed by atoms with Gasteiger partial charge in [0.1, 0.15) is 16.8 Å². The van der Waals surface area contributed by atoms with Gasteiger partial charge in [0.2, 0.25) is 0 Å². The van der Waals surface area contributed by atoms with Gasteiger partial charge in [-0.05, 0) is 25.7 Å². The summed E-state index contributed by atoms with van der Waals surface area (Å²) in [5.74, 6) is 2.05. The molecule has 0 amide bonds. The van der Waals surface area contributed by atoms with Crippen LogP contribution in [0.15, 0.2) is 0 Å². The van der Waals surface area contributed by atoms with Gasteiger partial charge in [-0.15, -0.1) is 0 Å². The number of carbonyl (C=O) groups is 1. The molecule has 1 aromatic heterocycles. The molecule has 1 fully saturated rings.